The number of carbonyl (C=O) groups excluding carboxylic acids is 1. The molecule has 6 rings (SSSR count). The van der Waals surface area contributed by atoms with Crippen molar-refractivity contribution < 1.29 is 9.53 Å². The number of benzene rings is 3. The molecule has 1 fully saturated rings. The first-order valence-corrected chi connectivity index (χ1v) is 15.3. The van der Waals surface area contributed by atoms with E-state index in [4.69, 9.17) is 17.0 Å². The van der Waals surface area contributed by atoms with Crippen LogP contribution in [-0.4, -0.2) is 35.8 Å². The Balaban J connectivity index is 1.27. The van der Waals surface area contributed by atoms with Crippen molar-refractivity contribution in [2.24, 2.45) is 5.92 Å². The fraction of sp³-hybridized carbons (Fsp3) is 0.286. The molecule has 226 valence electrons. The SMILES string of the molecule is COc1ccccc1CNC(=O)c1ccc(N2CC3CC(C2)c2cccc(=O)n2C3)c(NC(=S)Nc2ccc(C)c(C)c2)c1. The molecule has 3 N–H and O–H groups in total. The number of hydrogen-bond donors (Lipinski definition) is 3. The number of ether oxygens (including phenoxy) is 1. The molecule has 0 spiro atoms. The molecule has 2 unspecified atom stereocenters. The van der Waals surface area contributed by atoms with E-state index in [0.717, 1.165) is 53.6 Å². The summed E-state index contributed by atoms with van der Waals surface area (Å²) in [5.41, 5.74) is 7.58. The number of para-hydroxylation sites is 1. The van der Waals surface area contributed by atoms with E-state index in [-0.39, 0.29) is 17.4 Å². The first kappa shape index (κ1) is 29.4. The molecule has 1 aromatic heterocycles. The maximum Gasteiger partial charge on any atom is 0.251 e. The van der Waals surface area contributed by atoms with Crippen LogP contribution in [0, 0.1) is 19.8 Å². The predicted octanol–water partition coefficient (Wildman–Crippen LogP) is 5.84. The number of aromatic nitrogens is 1. The number of fused-ring (bicyclic) bond motifs is 4. The second kappa shape index (κ2) is 12.5. The Morgan fingerprint density at radius 2 is 1.77 bits per heavy atom. The lowest BCUT2D eigenvalue weighted by Gasteiger charge is -2.44. The molecule has 2 aliphatic heterocycles. The molecule has 2 atom stereocenters. The fourth-order valence-corrected chi connectivity index (χ4v) is 6.60. The summed E-state index contributed by atoms with van der Waals surface area (Å²) in [6.07, 6.45) is 1.05. The average Bonchev–Trinajstić information content (AvgIpc) is 3.02. The average molecular weight is 608 g/mol. The van der Waals surface area contributed by atoms with Crippen LogP contribution in [-0.2, 0) is 13.1 Å². The molecular formula is C35H37N5O3S. The predicted molar refractivity (Wildman–Crippen MR) is 180 cm³/mol. The van der Waals surface area contributed by atoms with Gasteiger partial charge in [-0.25, -0.2) is 0 Å². The third-order valence-electron chi connectivity index (χ3n) is 8.72. The van der Waals surface area contributed by atoms with Gasteiger partial charge in [-0.3, -0.25) is 9.59 Å². The molecule has 0 aliphatic carbocycles. The quantitative estimate of drug-likeness (QED) is 0.228. The monoisotopic (exact) mass is 607 g/mol. The number of hydrogen-bond acceptors (Lipinski definition) is 5. The maximum absolute atomic E-state index is 13.4. The van der Waals surface area contributed by atoms with E-state index >= 15 is 0 Å². The van der Waals surface area contributed by atoms with Crippen LogP contribution in [0.1, 0.15) is 45.1 Å². The van der Waals surface area contributed by atoms with Crippen molar-refractivity contribution in [1.82, 2.24) is 9.88 Å². The first-order chi connectivity index (χ1) is 21.3. The summed E-state index contributed by atoms with van der Waals surface area (Å²) in [5.74, 6) is 1.13. The van der Waals surface area contributed by atoms with E-state index < -0.39 is 0 Å². The summed E-state index contributed by atoms with van der Waals surface area (Å²) < 4.78 is 7.38. The highest BCUT2D eigenvalue weighted by Crippen LogP contribution is 2.39. The van der Waals surface area contributed by atoms with Gasteiger partial charge in [-0.1, -0.05) is 30.3 Å². The number of nitrogens with zero attached hydrogens (tertiary/aromatic N) is 2. The smallest absolute Gasteiger partial charge is 0.251 e. The molecule has 4 aromatic rings. The van der Waals surface area contributed by atoms with Crippen LogP contribution in [0.25, 0.3) is 0 Å². The Morgan fingerprint density at radius 3 is 2.59 bits per heavy atom. The number of amides is 1. The van der Waals surface area contributed by atoms with Gasteiger partial charge in [0, 0.05) is 60.7 Å². The van der Waals surface area contributed by atoms with Crippen LogP contribution in [0.4, 0.5) is 17.1 Å². The Labute approximate surface area is 263 Å². The number of aryl methyl sites for hydroxylation is 2. The molecule has 1 saturated heterocycles. The summed E-state index contributed by atoms with van der Waals surface area (Å²) in [6, 6.07) is 25.1. The van der Waals surface area contributed by atoms with E-state index in [1.807, 2.05) is 59.2 Å². The van der Waals surface area contributed by atoms with Crippen molar-refractivity contribution in [3.8, 4) is 5.75 Å². The standard InChI is InChI=1S/C35H37N5O3S/c1-22-11-13-28(15-23(22)2)37-35(44)38-29-17-25(34(42)36-18-26-7-4-5-9-32(26)43-3)12-14-31(29)39-19-24-16-27(21-39)30-8-6-10-33(41)40(30)20-24/h4-15,17,24,27H,16,18-21H2,1-3H3,(H,36,42)(H2,37,38,44). The van der Waals surface area contributed by atoms with Crippen LogP contribution in [0.2, 0.25) is 0 Å². The van der Waals surface area contributed by atoms with Crippen LogP contribution >= 0.6 is 12.2 Å². The number of anilines is 3. The van der Waals surface area contributed by atoms with Gasteiger partial charge in [0.15, 0.2) is 5.11 Å². The van der Waals surface area contributed by atoms with E-state index in [0.29, 0.717) is 29.7 Å². The normalized spacial score (nSPS) is 16.9. The molecule has 2 aliphatic rings. The van der Waals surface area contributed by atoms with Gasteiger partial charge in [0.2, 0.25) is 0 Å². The van der Waals surface area contributed by atoms with Crippen LogP contribution in [0.15, 0.2) is 83.7 Å². The molecule has 44 heavy (non-hydrogen) atoms. The lowest BCUT2D eigenvalue weighted by molar-refractivity contribution is 0.0950. The van der Waals surface area contributed by atoms with Crippen LogP contribution < -0.4 is 31.1 Å². The fourth-order valence-electron chi connectivity index (χ4n) is 6.38. The molecule has 2 bridgehead atoms. The van der Waals surface area contributed by atoms with Crippen molar-refractivity contribution in [2.45, 2.75) is 39.3 Å². The highest BCUT2D eigenvalue weighted by atomic mass is 32.1. The number of rotatable bonds is 7. The van der Waals surface area contributed by atoms with Crippen molar-refractivity contribution >= 4 is 40.3 Å². The van der Waals surface area contributed by atoms with Crippen molar-refractivity contribution in [3.63, 3.8) is 0 Å². The minimum Gasteiger partial charge on any atom is -0.496 e. The zero-order valence-electron chi connectivity index (χ0n) is 25.2. The van der Waals surface area contributed by atoms with Crippen LogP contribution in [0.3, 0.4) is 0 Å². The van der Waals surface area contributed by atoms with E-state index in [2.05, 4.69) is 52.9 Å². The highest BCUT2D eigenvalue weighted by Gasteiger charge is 2.35. The summed E-state index contributed by atoms with van der Waals surface area (Å²) in [5, 5.41) is 10.2. The van der Waals surface area contributed by atoms with Crippen LogP contribution in [0.5, 0.6) is 5.75 Å². The van der Waals surface area contributed by atoms with Gasteiger partial charge in [-0.2, -0.15) is 0 Å². The Bertz CT molecular complexity index is 1780. The lowest BCUT2D eigenvalue weighted by atomic mass is 9.83. The third-order valence-corrected chi connectivity index (χ3v) is 8.93. The van der Waals surface area contributed by atoms with Crippen molar-refractivity contribution in [3.05, 3.63) is 117 Å². The number of thiocarbonyl (C=S) groups is 1. The molecule has 8 nitrogen and oxygen atoms in total. The number of methoxy groups -OCH3 is 1. The number of piperidine rings is 1. The van der Waals surface area contributed by atoms with Gasteiger partial charge in [-0.05, 0) is 92.0 Å². The minimum atomic E-state index is -0.192. The molecule has 0 saturated carbocycles. The van der Waals surface area contributed by atoms with Crippen molar-refractivity contribution in [1.29, 1.82) is 0 Å². The molecule has 3 aromatic carbocycles. The summed E-state index contributed by atoms with van der Waals surface area (Å²) in [7, 11) is 1.62. The molecule has 9 heteroatoms. The first-order valence-electron chi connectivity index (χ1n) is 14.9. The van der Waals surface area contributed by atoms with Gasteiger partial charge in [0.25, 0.3) is 11.5 Å². The zero-order chi connectivity index (χ0) is 30.8. The second-order valence-electron chi connectivity index (χ2n) is 11.7. The number of pyridine rings is 1. The Hall–Kier alpha value is -4.63. The summed E-state index contributed by atoms with van der Waals surface area (Å²) in [6.45, 7) is 6.78. The Kier molecular flexibility index (Phi) is 8.39. The highest BCUT2D eigenvalue weighted by molar-refractivity contribution is 7.80. The van der Waals surface area contributed by atoms with Crippen molar-refractivity contribution in [2.75, 3.05) is 35.7 Å². The van der Waals surface area contributed by atoms with Gasteiger partial charge in [0.05, 0.1) is 18.5 Å². The number of carbonyl (C=O) groups is 1. The zero-order valence-corrected chi connectivity index (χ0v) is 26.0. The Morgan fingerprint density at radius 1 is 0.932 bits per heavy atom. The van der Waals surface area contributed by atoms with E-state index in [1.165, 1.54) is 11.1 Å². The van der Waals surface area contributed by atoms with Gasteiger partial charge in [0.1, 0.15) is 5.75 Å². The molecule has 1 amide bonds. The number of nitrogens with one attached hydrogen (secondary N) is 3. The molecule has 0 radical (unpaired) electrons. The summed E-state index contributed by atoms with van der Waals surface area (Å²) in [4.78, 5) is 28.3. The third kappa shape index (κ3) is 6.19. The largest absolute Gasteiger partial charge is 0.496 e. The lowest BCUT2D eigenvalue weighted by Crippen LogP contribution is -2.47. The summed E-state index contributed by atoms with van der Waals surface area (Å²) >= 11 is 5.76. The van der Waals surface area contributed by atoms with Gasteiger partial charge < -0.3 is 30.2 Å². The van der Waals surface area contributed by atoms with Gasteiger partial charge in [-0.15, -0.1) is 0 Å². The maximum atomic E-state index is 13.4. The topological polar surface area (TPSA) is 87.6 Å². The minimum absolute atomic E-state index is 0.0688. The van der Waals surface area contributed by atoms with E-state index in [1.54, 1.807) is 13.2 Å². The molecule has 3 heterocycles. The van der Waals surface area contributed by atoms with Gasteiger partial charge >= 0.3 is 0 Å². The van der Waals surface area contributed by atoms with E-state index in [9.17, 15) is 9.59 Å². The second-order valence-corrected chi connectivity index (χ2v) is 12.1. The molecular weight excluding hydrogens is 570 g/mol.